The second kappa shape index (κ2) is 5.17. The molecule has 0 radical (unpaired) electrons. The fraction of sp³-hybridized carbons (Fsp3) is 0.538. The van der Waals surface area contributed by atoms with Crippen LogP contribution in [0, 0.1) is 5.92 Å². The maximum atomic E-state index is 12.4. The third-order valence-electron chi connectivity index (χ3n) is 2.74. The molecule has 4 heteroatoms. The maximum Gasteiger partial charge on any atom is 0.272 e. The van der Waals surface area contributed by atoms with Crippen molar-refractivity contribution < 1.29 is 4.79 Å². The summed E-state index contributed by atoms with van der Waals surface area (Å²) in [5, 5.41) is 0. The van der Waals surface area contributed by atoms with Crippen molar-refractivity contribution in [1.82, 2.24) is 9.88 Å². The molecule has 0 unspecified atom stereocenters. The Morgan fingerprint density at radius 2 is 2.24 bits per heavy atom. The molecule has 1 fully saturated rings. The van der Waals surface area contributed by atoms with Gasteiger partial charge in [0.25, 0.3) is 5.91 Å². The summed E-state index contributed by atoms with van der Waals surface area (Å²) in [6.45, 7) is 5.09. The van der Waals surface area contributed by atoms with Gasteiger partial charge in [0.2, 0.25) is 0 Å². The van der Waals surface area contributed by atoms with Gasteiger partial charge in [0.15, 0.2) is 0 Å². The molecule has 1 heterocycles. The predicted molar refractivity (Wildman–Crippen MR) is 70.8 cm³/mol. The lowest BCUT2D eigenvalue weighted by Gasteiger charge is -2.24. The molecule has 17 heavy (non-hydrogen) atoms. The Kier molecular flexibility index (Phi) is 3.82. The van der Waals surface area contributed by atoms with E-state index in [4.69, 9.17) is 0 Å². The highest BCUT2D eigenvalue weighted by Gasteiger charge is 2.33. The molecule has 2 rings (SSSR count). The Bertz CT molecular complexity index is 416. The van der Waals surface area contributed by atoms with E-state index >= 15 is 0 Å². The van der Waals surface area contributed by atoms with Crippen LogP contribution in [0.3, 0.4) is 0 Å². The Balaban J connectivity index is 2.15. The number of hydrogen-bond acceptors (Lipinski definition) is 2. The molecular formula is C13H17BrN2O. The van der Waals surface area contributed by atoms with E-state index < -0.39 is 0 Å². The summed E-state index contributed by atoms with van der Waals surface area (Å²) >= 11 is 3.30. The molecule has 92 valence electrons. The third-order valence-corrected chi connectivity index (χ3v) is 3.19. The molecule has 0 saturated heterocycles. The molecular weight excluding hydrogens is 280 g/mol. The van der Waals surface area contributed by atoms with Crippen LogP contribution < -0.4 is 0 Å². The normalized spacial score (nSPS) is 15.1. The van der Waals surface area contributed by atoms with E-state index in [0.717, 1.165) is 19.4 Å². The summed E-state index contributed by atoms with van der Waals surface area (Å²) in [6, 6.07) is 5.90. The van der Waals surface area contributed by atoms with Crippen molar-refractivity contribution >= 4 is 21.8 Å². The van der Waals surface area contributed by atoms with Crippen molar-refractivity contribution in [2.24, 2.45) is 5.92 Å². The summed E-state index contributed by atoms with van der Waals surface area (Å²) in [6.07, 6.45) is 2.26. The molecule has 0 bridgehead atoms. The van der Waals surface area contributed by atoms with Gasteiger partial charge in [-0.2, -0.15) is 0 Å². The molecule has 1 aromatic rings. The summed E-state index contributed by atoms with van der Waals surface area (Å²) in [4.78, 5) is 18.6. The first kappa shape index (κ1) is 12.6. The lowest BCUT2D eigenvalue weighted by atomic mass is 10.2. The second-order valence-corrected chi connectivity index (χ2v) is 5.74. The van der Waals surface area contributed by atoms with Crippen LogP contribution in [-0.4, -0.2) is 28.4 Å². The van der Waals surface area contributed by atoms with E-state index in [9.17, 15) is 4.79 Å². The van der Waals surface area contributed by atoms with Crippen LogP contribution in [0.25, 0.3) is 0 Å². The summed E-state index contributed by atoms with van der Waals surface area (Å²) in [5.41, 5.74) is 0.534. The number of carbonyl (C=O) groups is 1. The third kappa shape index (κ3) is 3.28. The van der Waals surface area contributed by atoms with Crippen molar-refractivity contribution in [1.29, 1.82) is 0 Å². The molecule has 1 aliphatic rings. The molecule has 0 spiro atoms. The number of amides is 1. The van der Waals surface area contributed by atoms with Gasteiger partial charge >= 0.3 is 0 Å². The van der Waals surface area contributed by atoms with Gasteiger partial charge in [-0.1, -0.05) is 19.9 Å². The van der Waals surface area contributed by atoms with Crippen LogP contribution >= 0.6 is 15.9 Å². The summed E-state index contributed by atoms with van der Waals surface area (Å²) in [5.74, 6) is 0.550. The average molecular weight is 297 g/mol. The maximum absolute atomic E-state index is 12.4. The number of pyridine rings is 1. The smallest absolute Gasteiger partial charge is 0.272 e. The van der Waals surface area contributed by atoms with E-state index in [1.54, 1.807) is 6.07 Å². The molecule has 1 aliphatic carbocycles. The highest BCUT2D eigenvalue weighted by Crippen LogP contribution is 2.28. The van der Waals surface area contributed by atoms with Crippen molar-refractivity contribution in [2.45, 2.75) is 32.7 Å². The number of rotatable bonds is 4. The Morgan fingerprint density at radius 1 is 1.53 bits per heavy atom. The molecule has 1 saturated carbocycles. The minimum Gasteiger partial charge on any atom is -0.334 e. The zero-order chi connectivity index (χ0) is 12.4. The zero-order valence-corrected chi connectivity index (χ0v) is 11.8. The van der Waals surface area contributed by atoms with Gasteiger partial charge in [0.1, 0.15) is 10.3 Å². The molecule has 0 aliphatic heterocycles. The predicted octanol–water partition coefficient (Wildman–Crippen LogP) is 3.10. The average Bonchev–Trinajstić information content (AvgIpc) is 3.08. The number of carbonyl (C=O) groups excluding carboxylic acids is 1. The van der Waals surface area contributed by atoms with Crippen LogP contribution in [0.15, 0.2) is 22.8 Å². The minimum atomic E-state index is 0.0579. The fourth-order valence-electron chi connectivity index (χ4n) is 1.85. The summed E-state index contributed by atoms with van der Waals surface area (Å²) < 4.78 is 0.712. The Hall–Kier alpha value is -0.900. The highest BCUT2D eigenvalue weighted by molar-refractivity contribution is 9.10. The lowest BCUT2D eigenvalue weighted by molar-refractivity contribution is 0.0716. The van der Waals surface area contributed by atoms with Gasteiger partial charge in [0, 0.05) is 12.6 Å². The van der Waals surface area contributed by atoms with Crippen molar-refractivity contribution in [3.8, 4) is 0 Å². The number of aromatic nitrogens is 1. The molecule has 0 N–H and O–H groups in total. The number of halogens is 1. The van der Waals surface area contributed by atoms with Crippen LogP contribution in [0.1, 0.15) is 37.2 Å². The quantitative estimate of drug-likeness (QED) is 0.800. The van der Waals surface area contributed by atoms with E-state index in [2.05, 4.69) is 34.8 Å². The molecule has 1 aromatic heterocycles. The van der Waals surface area contributed by atoms with Crippen molar-refractivity contribution in [2.75, 3.05) is 6.54 Å². The van der Waals surface area contributed by atoms with E-state index in [1.165, 1.54) is 0 Å². The standard InChI is InChI=1S/C13H17BrN2O/c1-9(2)8-16(10-6-7-10)13(17)11-4-3-5-12(14)15-11/h3-5,9-10H,6-8H2,1-2H3. The van der Waals surface area contributed by atoms with Gasteiger partial charge in [-0.05, 0) is 46.8 Å². The first-order chi connectivity index (χ1) is 8.08. The van der Waals surface area contributed by atoms with Gasteiger partial charge in [-0.15, -0.1) is 0 Å². The SMILES string of the molecule is CC(C)CN(C(=O)c1cccc(Br)n1)C1CC1. The zero-order valence-electron chi connectivity index (χ0n) is 10.2. The van der Waals surface area contributed by atoms with Crippen molar-refractivity contribution in [3.63, 3.8) is 0 Å². The number of nitrogens with zero attached hydrogens (tertiary/aromatic N) is 2. The first-order valence-corrected chi connectivity index (χ1v) is 6.80. The molecule has 3 nitrogen and oxygen atoms in total. The monoisotopic (exact) mass is 296 g/mol. The molecule has 0 aromatic carbocycles. The molecule has 1 amide bonds. The second-order valence-electron chi connectivity index (χ2n) is 4.93. The van der Waals surface area contributed by atoms with Crippen LogP contribution in [-0.2, 0) is 0 Å². The van der Waals surface area contributed by atoms with Crippen LogP contribution in [0.4, 0.5) is 0 Å². The van der Waals surface area contributed by atoms with Crippen molar-refractivity contribution in [3.05, 3.63) is 28.5 Å². The fourth-order valence-corrected chi connectivity index (χ4v) is 2.20. The van der Waals surface area contributed by atoms with E-state index in [0.29, 0.717) is 22.3 Å². The topological polar surface area (TPSA) is 33.2 Å². The first-order valence-electron chi connectivity index (χ1n) is 6.01. The number of hydrogen-bond donors (Lipinski definition) is 0. The van der Waals surface area contributed by atoms with Gasteiger partial charge in [-0.25, -0.2) is 4.98 Å². The molecule has 0 atom stereocenters. The van der Waals surface area contributed by atoms with Crippen LogP contribution in [0.2, 0.25) is 0 Å². The Morgan fingerprint density at radius 3 is 2.76 bits per heavy atom. The van der Waals surface area contributed by atoms with Gasteiger partial charge in [-0.3, -0.25) is 4.79 Å². The summed E-state index contributed by atoms with van der Waals surface area (Å²) in [7, 11) is 0. The Labute approximate surface area is 110 Å². The van der Waals surface area contributed by atoms with Crippen LogP contribution in [0.5, 0.6) is 0 Å². The largest absolute Gasteiger partial charge is 0.334 e. The van der Waals surface area contributed by atoms with E-state index in [-0.39, 0.29) is 5.91 Å². The minimum absolute atomic E-state index is 0.0579. The lowest BCUT2D eigenvalue weighted by Crippen LogP contribution is -2.36. The van der Waals surface area contributed by atoms with E-state index in [1.807, 2.05) is 17.0 Å². The highest BCUT2D eigenvalue weighted by atomic mass is 79.9. The van der Waals surface area contributed by atoms with Gasteiger partial charge < -0.3 is 4.90 Å². The van der Waals surface area contributed by atoms with Gasteiger partial charge in [0.05, 0.1) is 0 Å².